The van der Waals surface area contributed by atoms with E-state index in [0.717, 1.165) is 41.9 Å². The van der Waals surface area contributed by atoms with Crippen LogP contribution in [0.1, 0.15) is 22.5 Å². The van der Waals surface area contributed by atoms with Crippen molar-refractivity contribution in [2.24, 2.45) is 5.41 Å². The second-order valence-corrected chi connectivity index (χ2v) is 6.77. The molecule has 0 aliphatic carbocycles. The molecule has 2 aliphatic heterocycles. The lowest BCUT2D eigenvalue weighted by atomic mass is 9.87. The van der Waals surface area contributed by atoms with Gasteiger partial charge in [-0.2, -0.15) is 0 Å². The summed E-state index contributed by atoms with van der Waals surface area (Å²) in [6.45, 7) is 4.00. The molecule has 0 saturated carbocycles. The molecule has 1 amide bonds. The van der Waals surface area contributed by atoms with E-state index >= 15 is 0 Å². The van der Waals surface area contributed by atoms with Gasteiger partial charge in [-0.1, -0.05) is 0 Å². The Morgan fingerprint density at radius 1 is 1.53 bits per heavy atom. The van der Waals surface area contributed by atoms with E-state index in [-0.39, 0.29) is 5.91 Å². The molecular weight excluding hydrogens is 300 g/mol. The molecule has 2 saturated heterocycles. The monoisotopic (exact) mass is 314 g/mol. The van der Waals surface area contributed by atoms with Gasteiger partial charge in [0.1, 0.15) is 4.88 Å². The summed E-state index contributed by atoms with van der Waals surface area (Å²) in [6, 6.07) is 1.95. The number of halogens is 1. The zero-order valence-electron chi connectivity index (χ0n) is 9.54. The van der Waals surface area contributed by atoms with Crippen molar-refractivity contribution in [3.05, 3.63) is 20.8 Å². The van der Waals surface area contributed by atoms with Crippen molar-refractivity contribution in [3.63, 3.8) is 0 Å². The molecule has 1 aromatic rings. The van der Waals surface area contributed by atoms with Gasteiger partial charge in [-0.15, -0.1) is 11.3 Å². The van der Waals surface area contributed by atoms with Crippen LogP contribution in [0.3, 0.4) is 0 Å². The zero-order valence-corrected chi connectivity index (χ0v) is 11.9. The van der Waals surface area contributed by atoms with Gasteiger partial charge in [-0.05, 0) is 46.8 Å². The van der Waals surface area contributed by atoms with Crippen LogP contribution in [0.5, 0.6) is 0 Å². The Balaban J connectivity index is 1.75. The molecule has 1 spiro atoms. The first kappa shape index (κ1) is 11.7. The van der Waals surface area contributed by atoms with Gasteiger partial charge in [-0.3, -0.25) is 4.79 Å². The van der Waals surface area contributed by atoms with E-state index in [2.05, 4.69) is 21.2 Å². The number of likely N-dealkylation sites (tertiary alicyclic amines) is 1. The van der Waals surface area contributed by atoms with Crippen molar-refractivity contribution in [2.75, 3.05) is 26.2 Å². The molecule has 0 bridgehead atoms. The first-order valence-corrected chi connectivity index (χ1v) is 7.60. The summed E-state index contributed by atoms with van der Waals surface area (Å²) in [5.74, 6) is 0.190. The lowest BCUT2D eigenvalue weighted by Crippen LogP contribution is -2.33. The smallest absolute Gasteiger partial charge is 0.265 e. The molecule has 5 heteroatoms. The molecule has 0 aromatic carbocycles. The third-order valence-electron chi connectivity index (χ3n) is 3.87. The quantitative estimate of drug-likeness (QED) is 0.863. The van der Waals surface area contributed by atoms with Gasteiger partial charge >= 0.3 is 0 Å². The summed E-state index contributed by atoms with van der Waals surface area (Å²) in [4.78, 5) is 15.2. The summed E-state index contributed by atoms with van der Waals surface area (Å²) in [6.07, 6.45) is 2.36. The van der Waals surface area contributed by atoms with Crippen molar-refractivity contribution < 1.29 is 4.79 Å². The highest BCUT2D eigenvalue weighted by atomic mass is 79.9. The third-order valence-corrected chi connectivity index (χ3v) is 5.69. The molecule has 1 N–H and O–H groups in total. The molecule has 0 radical (unpaired) electrons. The minimum atomic E-state index is 0.190. The minimum Gasteiger partial charge on any atom is -0.337 e. The van der Waals surface area contributed by atoms with Crippen LogP contribution in [0.25, 0.3) is 0 Å². The van der Waals surface area contributed by atoms with Crippen LogP contribution >= 0.6 is 27.3 Å². The summed E-state index contributed by atoms with van der Waals surface area (Å²) >= 11 is 4.96. The van der Waals surface area contributed by atoms with Gasteiger partial charge in [0.2, 0.25) is 0 Å². The maximum atomic E-state index is 12.4. The van der Waals surface area contributed by atoms with E-state index < -0.39 is 0 Å². The summed E-state index contributed by atoms with van der Waals surface area (Å²) in [7, 11) is 0. The number of rotatable bonds is 1. The Bertz CT molecular complexity index is 439. The number of carbonyl (C=O) groups excluding carboxylic acids is 1. The number of nitrogens with one attached hydrogen (secondary N) is 1. The van der Waals surface area contributed by atoms with E-state index in [9.17, 15) is 4.79 Å². The molecule has 2 aliphatic rings. The van der Waals surface area contributed by atoms with E-state index in [0.29, 0.717) is 5.41 Å². The van der Waals surface area contributed by atoms with Crippen molar-refractivity contribution in [2.45, 2.75) is 12.8 Å². The molecule has 1 unspecified atom stereocenters. The predicted octanol–water partition coefficient (Wildman–Crippen LogP) is 2.34. The zero-order chi connectivity index (χ0) is 11.9. The molecule has 1 aromatic heterocycles. The second-order valence-electron chi connectivity index (χ2n) is 5.00. The Labute approximate surface area is 113 Å². The maximum absolute atomic E-state index is 12.4. The van der Waals surface area contributed by atoms with Crippen LogP contribution in [-0.4, -0.2) is 37.0 Å². The van der Waals surface area contributed by atoms with Crippen LogP contribution < -0.4 is 5.32 Å². The van der Waals surface area contributed by atoms with Crippen molar-refractivity contribution in [3.8, 4) is 0 Å². The molecule has 3 nitrogen and oxygen atoms in total. The lowest BCUT2D eigenvalue weighted by Gasteiger charge is -2.22. The summed E-state index contributed by atoms with van der Waals surface area (Å²) in [5.41, 5.74) is 0.361. The number of hydrogen-bond donors (Lipinski definition) is 1. The molecule has 3 rings (SSSR count). The third kappa shape index (κ3) is 2.04. The summed E-state index contributed by atoms with van der Waals surface area (Å²) in [5, 5.41) is 5.37. The summed E-state index contributed by atoms with van der Waals surface area (Å²) < 4.78 is 0.929. The van der Waals surface area contributed by atoms with E-state index in [4.69, 9.17) is 0 Å². The Hall–Kier alpha value is -0.390. The van der Waals surface area contributed by atoms with E-state index in [1.54, 1.807) is 0 Å². The van der Waals surface area contributed by atoms with Crippen LogP contribution in [0.2, 0.25) is 0 Å². The first-order chi connectivity index (χ1) is 8.20. The normalized spacial score (nSPS) is 28.2. The molecule has 1 atom stereocenters. The topological polar surface area (TPSA) is 32.3 Å². The molecule has 3 heterocycles. The Kier molecular flexibility index (Phi) is 3.00. The van der Waals surface area contributed by atoms with Crippen molar-refractivity contribution in [1.82, 2.24) is 10.2 Å². The average molecular weight is 315 g/mol. The largest absolute Gasteiger partial charge is 0.337 e. The van der Waals surface area contributed by atoms with E-state index in [1.807, 2.05) is 16.3 Å². The van der Waals surface area contributed by atoms with Gasteiger partial charge < -0.3 is 10.2 Å². The van der Waals surface area contributed by atoms with Gasteiger partial charge in [0.05, 0.1) is 0 Å². The maximum Gasteiger partial charge on any atom is 0.265 e. The van der Waals surface area contributed by atoms with Gasteiger partial charge in [0.25, 0.3) is 5.91 Å². The predicted molar refractivity (Wildman–Crippen MR) is 72.5 cm³/mol. The fraction of sp³-hybridized carbons (Fsp3) is 0.583. The molecular formula is C12H15BrN2OS. The Morgan fingerprint density at radius 3 is 3.06 bits per heavy atom. The molecule has 17 heavy (non-hydrogen) atoms. The van der Waals surface area contributed by atoms with Gasteiger partial charge in [0.15, 0.2) is 0 Å². The highest BCUT2D eigenvalue weighted by Gasteiger charge is 2.42. The second kappa shape index (κ2) is 4.37. The minimum absolute atomic E-state index is 0.190. The number of thiophene rings is 1. The molecule has 2 fully saturated rings. The van der Waals surface area contributed by atoms with Gasteiger partial charge in [-0.25, -0.2) is 0 Å². The number of hydrogen-bond acceptors (Lipinski definition) is 3. The Morgan fingerprint density at radius 2 is 2.41 bits per heavy atom. The SMILES string of the molecule is O=C(c1sccc1Br)N1CCC2(CCNC2)C1. The molecule has 92 valence electrons. The van der Waals surface area contributed by atoms with E-state index in [1.165, 1.54) is 17.8 Å². The lowest BCUT2D eigenvalue weighted by molar-refractivity contribution is 0.0779. The highest BCUT2D eigenvalue weighted by molar-refractivity contribution is 9.10. The fourth-order valence-corrected chi connectivity index (χ4v) is 4.35. The van der Waals surface area contributed by atoms with Crippen molar-refractivity contribution >= 4 is 33.2 Å². The first-order valence-electron chi connectivity index (χ1n) is 5.93. The van der Waals surface area contributed by atoms with Crippen molar-refractivity contribution in [1.29, 1.82) is 0 Å². The van der Waals surface area contributed by atoms with Crippen LogP contribution in [0.4, 0.5) is 0 Å². The average Bonchev–Trinajstić information content (AvgIpc) is 3.02. The van der Waals surface area contributed by atoms with Crippen LogP contribution in [-0.2, 0) is 0 Å². The van der Waals surface area contributed by atoms with Crippen LogP contribution in [0, 0.1) is 5.41 Å². The highest BCUT2D eigenvalue weighted by Crippen LogP contribution is 2.37. The van der Waals surface area contributed by atoms with Crippen LogP contribution in [0.15, 0.2) is 15.9 Å². The number of carbonyl (C=O) groups is 1. The number of amides is 1. The number of nitrogens with zero attached hydrogens (tertiary/aromatic N) is 1. The van der Waals surface area contributed by atoms with Gasteiger partial charge in [0, 0.05) is 29.5 Å². The fourth-order valence-electron chi connectivity index (χ4n) is 2.84. The standard InChI is InChI=1S/C12H15BrN2OS/c13-9-1-6-17-10(9)11(16)15-5-3-12(8-15)2-4-14-7-12/h1,6,14H,2-5,7-8H2.